The van der Waals surface area contributed by atoms with Crippen molar-refractivity contribution in [3.05, 3.63) is 70.0 Å². The van der Waals surface area contributed by atoms with E-state index >= 15 is 0 Å². The van der Waals surface area contributed by atoms with Gasteiger partial charge in [0.05, 0.1) is 0 Å². The maximum absolute atomic E-state index is 13.8. The first-order valence-electron chi connectivity index (χ1n) is 6.39. The topological polar surface area (TPSA) is 26.0 Å². The van der Waals surface area contributed by atoms with Crippen LogP contribution in [-0.4, -0.2) is 0 Å². The molecule has 0 fully saturated rings. The first kappa shape index (κ1) is 14.0. The van der Waals surface area contributed by atoms with Gasteiger partial charge in [-0.25, -0.2) is 4.39 Å². The van der Waals surface area contributed by atoms with Crippen LogP contribution in [0.3, 0.4) is 0 Å². The van der Waals surface area contributed by atoms with Gasteiger partial charge >= 0.3 is 0 Å². The Morgan fingerprint density at radius 3 is 2.58 bits per heavy atom. The molecule has 0 aromatic heterocycles. The molecule has 0 aliphatic carbocycles. The van der Waals surface area contributed by atoms with Crippen molar-refractivity contribution in [3.63, 3.8) is 0 Å². The predicted molar refractivity (Wildman–Crippen MR) is 77.9 cm³/mol. The van der Waals surface area contributed by atoms with Crippen LogP contribution >= 0.6 is 11.6 Å². The number of benzene rings is 2. The lowest BCUT2D eigenvalue weighted by atomic mass is 9.94. The number of halogens is 2. The molecule has 0 aliphatic heterocycles. The van der Waals surface area contributed by atoms with E-state index < -0.39 is 0 Å². The zero-order valence-corrected chi connectivity index (χ0v) is 11.6. The molecule has 0 spiro atoms. The molecule has 0 saturated heterocycles. The third kappa shape index (κ3) is 3.14. The molecule has 0 heterocycles. The molecule has 0 bridgehead atoms. The average Bonchev–Trinajstić information content (AvgIpc) is 2.42. The van der Waals surface area contributed by atoms with Gasteiger partial charge in [0.15, 0.2) is 0 Å². The Labute approximate surface area is 118 Å². The molecule has 3 heteroatoms. The Hall–Kier alpha value is -1.38. The van der Waals surface area contributed by atoms with Gasteiger partial charge in [-0.05, 0) is 36.1 Å². The van der Waals surface area contributed by atoms with Crippen LogP contribution in [0.2, 0.25) is 5.02 Å². The standard InChI is InChI=1S/C16H17ClFN/c1-2-11-6-3-4-7-12(11)16(19)10-13-14(17)8-5-9-15(13)18/h3-9,16H,2,10,19H2,1H3. The first-order chi connectivity index (χ1) is 9.13. The summed E-state index contributed by atoms with van der Waals surface area (Å²) in [5, 5.41) is 0.435. The fraction of sp³-hybridized carbons (Fsp3) is 0.250. The number of nitrogens with two attached hydrogens (primary N) is 1. The lowest BCUT2D eigenvalue weighted by molar-refractivity contribution is 0.592. The summed E-state index contributed by atoms with van der Waals surface area (Å²) in [6.45, 7) is 2.08. The normalized spacial score (nSPS) is 12.4. The summed E-state index contributed by atoms with van der Waals surface area (Å²) in [6, 6.07) is 12.5. The summed E-state index contributed by atoms with van der Waals surface area (Å²) in [5.74, 6) is -0.295. The third-order valence-electron chi connectivity index (χ3n) is 3.32. The van der Waals surface area contributed by atoms with E-state index in [4.69, 9.17) is 17.3 Å². The van der Waals surface area contributed by atoms with Gasteiger partial charge in [-0.1, -0.05) is 48.9 Å². The molecule has 0 saturated carbocycles. The van der Waals surface area contributed by atoms with Crippen molar-refractivity contribution >= 4 is 11.6 Å². The van der Waals surface area contributed by atoms with Gasteiger partial charge in [0, 0.05) is 16.6 Å². The Bertz CT molecular complexity index is 548. The monoisotopic (exact) mass is 277 g/mol. The third-order valence-corrected chi connectivity index (χ3v) is 3.68. The van der Waals surface area contributed by atoms with Crippen LogP contribution in [0.5, 0.6) is 0 Å². The van der Waals surface area contributed by atoms with Crippen LogP contribution in [0.4, 0.5) is 4.39 Å². The van der Waals surface area contributed by atoms with Crippen LogP contribution in [0, 0.1) is 5.82 Å². The summed E-state index contributed by atoms with van der Waals surface area (Å²) >= 11 is 6.04. The van der Waals surface area contributed by atoms with Crippen LogP contribution in [0.1, 0.15) is 29.7 Å². The molecular formula is C16H17ClFN. The highest BCUT2D eigenvalue weighted by molar-refractivity contribution is 6.31. The zero-order chi connectivity index (χ0) is 13.8. The van der Waals surface area contributed by atoms with Gasteiger partial charge < -0.3 is 5.73 Å². The van der Waals surface area contributed by atoms with E-state index in [2.05, 4.69) is 13.0 Å². The van der Waals surface area contributed by atoms with Crippen LogP contribution in [0.25, 0.3) is 0 Å². The van der Waals surface area contributed by atoms with Crippen LogP contribution < -0.4 is 5.73 Å². The van der Waals surface area contributed by atoms with Gasteiger partial charge in [0.2, 0.25) is 0 Å². The smallest absolute Gasteiger partial charge is 0.127 e. The molecular weight excluding hydrogens is 261 g/mol. The molecule has 2 aromatic rings. The van der Waals surface area contributed by atoms with Crippen molar-refractivity contribution in [2.24, 2.45) is 5.73 Å². The van der Waals surface area contributed by atoms with Crippen LogP contribution in [-0.2, 0) is 12.8 Å². The van der Waals surface area contributed by atoms with Crippen molar-refractivity contribution in [3.8, 4) is 0 Å². The molecule has 1 unspecified atom stereocenters. The molecule has 19 heavy (non-hydrogen) atoms. The lowest BCUT2D eigenvalue weighted by Crippen LogP contribution is -2.16. The summed E-state index contributed by atoms with van der Waals surface area (Å²) in [6.07, 6.45) is 1.32. The second-order valence-corrected chi connectivity index (χ2v) is 4.97. The van der Waals surface area contributed by atoms with Crippen molar-refractivity contribution in [1.29, 1.82) is 0 Å². The highest BCUT2D eigenvalue weighted by Gasteiger charge is 2.15. The van der Waals surface area contributed by atoms with E-state index in [1.54, 1.807) is 12.1 Å². The fourth-order valence-electron chi connectivity index (χ4n) is 2.28. The van der Waals surface area contributed by atoms with Gasteiger partial charge in [-0.3, -0.25) is 0 Å². The zero-order valence-electron chi connectivity index (χ0n) is 10.9. The quantitative estimate of drug-likeness (QED) is 0.887. The second kappa shape index (κ2) is 6.18. The predicted octanol–water partition coefficient (Wildman–Crippen LogP) is 4.28. The van der Waals surface area contributed by atoms with Crippen molar-refractivity contribution < 1.29 is 4.39 Å². The van der Waals surface area contributed by atoms with E-state index in [-0.39, 0.29) is 11.9 Å². The minimum atomic E-state index is -0.295. The maximum Gasteiger partial charge on any atom is 0.127 e. The van der Waals surface area contributed by atoms with E-state index in [1.165, 1.54) is 11.6 Å². The van der Waals surface area contributed by atoms with Gasteiger partial charge in [0.1, 0.15) is 5.82 Å². The molecule has 2 aromatic carbocycles. The maximum atomic E-state index is 13.8. The molecule has 0 aliphatic rings. The van der Waals surface area contributed by atoms with Crippen molar-refractivity contribution in [1.82, 2.24) is 0 Å². The van der Waals surface area contributed by atoms with Crippen LogP contribution in [0.15, 0.2) is 42.5 Å². The van der Waals surface area contributed by atoms with E-state index in [1.807, 2.05) is 18.2 Å². The van der Waals surface area contributed by atoms with E-state index in [0.717, 1.165) is 12.0 Å². The first-order valence-corrected chi connectivity index (χ1v) is 6.77. The largest absolute Gasteiger partial charge is 0.324 e. The van der Waals surface area contributed by atoms with Crippen molar-refractivity contribution in [2.75, 3.05) is 0 Å². The van der Waals surface area contributed by atoms with Crippen molar-refractivity contribution in [2.45, 2.75) is 25.8 Å². The minimum Gasteiger partial charge on any atom is -0.324 e. The summed E-state index contributed by atoms with van der Waals surface area (Å²) in [4.78, 5) is 0. The summed E-state index contributed by atoms with van der Waals surface area (Å²) in [5.41, 5.74) is 8.96. The lowest BCUT2D eigenvalue weighted by Gasteiger charge is -2.17. The number of rotatable bonds is 4. The number of aryl methyl sites for hydroxylation is 1. The van der Waals surface area contributed by atoms with Gasteiger partial charge in [-0.2, -0.15) is 0 Å². The van der Waals surface area contributed by atoms with Gasteiger partial charge in [0.25, 0.3) is 0 Å². The molecule has 0 radical (unpaired) electrons. The summed E-state index contributed by atoms with van der Waals surface area (Å²) < 4.78 is 13.8. The fourth-order valence-corrected chi connectivity index (χ4v) is 2.52. The van der Waals surface area contributed by atoms with E-state index in [0.29, 0.717) is 17.0 Å². The Kier molecular flexibility index (Phi) is 4.56. The molecule has 1 nitrogen and oxygen atoms in total. The molecule has 2 N–H and O–H groups in total. The Morgan fingerprint density at radius 2 is 1.89 bits per heavy atom. The Balaban J connectivity index is 2.28. The highest BCUT2D eigenvalue weighted by atomic mass is 35.5. The summed E-state index contributed by atoms with van der Waals surface area (Å²) in [7, 11) is 0. The number of hydrogen-bond acceptors (Lipinski definition) is 1. The molecule has 0 amide bonds. The van der Waals surface area contributed by atoms with E-state index in [9.17, 15) is 4.39 Å². The number of hydrogen-bond donors (Lipinski definition) is 1. The highest BCUT2D eigenvalue weighted by Crippen LogP contribution is 2.26. The second-order valence-electron chi connectivity index (χ2n) is 4.56. The molecule has 2 rings (SSSR count). The SMILES string of the molecule is CCc1ccccc1C(N)Cc1c(F)cccc1Cl. The molecule has 100 valence electrons. The molecule has 1 atom stereocenters. The average molecular weight is 278 g/mol. The Morgan fingerprint density at radius 1 is 1.16 bits per heavy atom. The van der Waals surface area contributed by atoms with Gasteiger partial charge in [-0.15, -0.1) is 0 Å². The minimum absolute atomic E-state index is 0.245.